The molecular weight excluding hydrogens is 393 g/mol. The molecule has 142 valence electrons. The molecule has 0 saturated carbocycles. The van der Waals surface area contributed by atoms with Crippen LogP contribution in [-0.2, 0) is 11.8 Å². The van der Waals surface area contributed by atoms with E-state index >= 15 is 0 Å². The fourth-order valence-electron chi connectivity index (χ4n) is 3.20. The summed E-state index contributed by atoms with van der Waals surface area (Å²) in [6.07, 6.45) is -0.680. The molecule has 4 rings (SSSR count). The first-order valence-corrected chi connectivity index (χ1v) is 12.1. The van der Waals surface area contributed by atoms with Crippen molar-refractivity contribution in [2.45, 2.75) is 0 Å². The van der Waals surface area contributed by atoms with E-state index in [4.69, 9.17) is 16.6 Å². The summed E-state index contributed by atoms with van der Waals surface area (Å²) >= 11 is 6.14. The molecule has 0 atom stereocenters. The van der Waals surface area contributed by atoms with Crippen LogP contribution in [0.3, 0.4) is 0 Å². The largest absolute Gasteiger partial charge is 0.507 e. The van der Waals surface area contributed by atoms with Crippen molar-refractivity contribution in [2.24, 2.45) is 4.76 Å². The summed E-state index contributed by atoms with van der Waals surface area (Å²) in [7, 11) is 0. The second kappa shape index (κ2) is 8.57. The van der Waals surface area contributed by atoms with Gasteiger partial charge in [0.05, 0.1) is 0 Å². The highest BCUT2D eigenvalue weighted by atomic mass is 32.4. The number of phenols is 1. The van der Waals surface area contributed by atoms with E-state index in [1.165, 1.54) is 0 Å². The van der Waals surface area contributed by atoms with Gasteiger partial charge in [-0.3, -0.25) is 4.76 Å². The van der Waals surface area contributed by atoms with Crippen molar-refractivity contribution < 1.29 is 5.11 Å². The van der Waals surface area contributed by atoms with Gasteiger partial charge in [-0.2, -0.15) is 0 Å². The second-order valence-electron chi connectivity index (χ2n) is 6.60. The van der Waals surface area contributed by atoms with Crippen LogP contribution < -0.4 is 10.6 Å². The van der Waals surface area contributed by atoms with Gasteiger partial charge in [0.15, 0.2) is 0 Å². The van der Waals surface area contributed by atoms with Gasteiger partial charge in [-0.15, -0.1) is 0 Å². The molecule has 0 unspecified atom stereocenters. The third kappa shape index (κ3) is 4.07. The number of benzene rings is 4. The van der Waals surface area contributed by atoms with E-state index in [-0.39, 0.29) is 5.75 Å². The van der Waals surface area contributed by atoms with Crippen LogP contribution in [0.4, 0.5) is 0 Å². The van der Waals surface area contributed by atoms with E-state index in [1.807, 2.05) is 109 Å². The maximum absolute atomic E-state index is 10.9. The van der Waals surface area contributed by atoms with Crippen LogP contribution in [0.2, 0.25) is 0 Å². The number of hydrogen-bond acceptors (Lipinski definition) is 2. The fourth-order valence-corrected chi connectivity index (χ4v) is 6.08. The summed E-state index contributed by atoms with van der Waals surface area (Å²) in [5.74, 6) is 0.213. The SMILES string of the molecule is Oc1c(/C=N/P(=S)(c2ccccc2)c2ccccc2)cccc1-c1ccccc1. The van der Waals surface area contributed by atoms with E-state index in [9.17, 15) is 5.11 Å². The molecule has 0 aromatic heterocycles. The molecular formula is C25H20NOPS. The average Bonchev–Trinajstić information content (AvgIpc) is 2.80. The number of para-hydroxylation sites is 1. The number of phenolic OH excluding ortho intramolecular Hbond substituents is 1. The van der Waals surface area contributed by atoms with Crippen LogP contribution in [0.25, 0.3) is 11.1 Å². The summed E-state index contributed by atoms with van der Waals surface area (Å²) in [6.45, 7) is 0. The fraction of sp³-hybridized carbons (Fsp3) is 0. The summed E-state index contributed by atoms with van der Waals surface area (Å²) in [5.41, 5.74) is 2.40. The Morgan fingerprint density at radius 3 is 1.72 bits per heavy atom. The number of aromatic hydroxyl groups is 1. The predicted octanol–water partition coefficient (Wildman–Crippen LogP) is 5.52. The molecule has 0 aliphatic heterocycles. The maximum Gasteiger partial charge on any atom is 0.132 e. The molecule has 0 aliphatic rings. The zero-order chi connectivity index (χ0) is 20.1. The van der Waals surface area contributed by atoms with Gasteiger partial charge < -0.3 is 5.11 Å². The normalized spacial score (nSPS) is 11.6. The monoisotopic (exact) mass is 413 g/mol. The minimum atomic E-state index is -2.40. The van der Waals surface area contributed by atoms with Crippen molar-refractivity contribution in [3.8, 4) is 16.9 Å². The molecule has 0 amide bonds. The highest BCUT2D eigenvalue weighted by Gasteiger charge is 2.20. The van der Waals surface area contributed by atoms with Crippen LogP contribution in [0.5, 0.6) is 5.75 Å². The first kappa shape index (κ1) is 19.3. The highest BCUT2D eigenvalue weighted by molar-refractivity contribution is 8.21. The Balaban J connectivity index is 1.79. The van der Waals surface area contributed by atoms with Crippen LogP contribution in [-0.4, -0.2) is 11.3 Å². The lowest BCUT2D eigenvalue weighted by Gasteiger charge is -2.18. The van der Waals surface area contributed by atoms with Crippen LogP contribution in [0.15, 0.2) is 114 Å². The zero-order valence-electron chi connectivity index (χ0n) is 15.7. The molecule has 0 heterocycles. The van der Waals surface area contributed by atoms with Crippen molar-refractivity contribution in [1.82, 2.24) is 0 Å². The van der Waals surface area contributed by atoms with Gasteiger partial charge in [0.25, 0.3) is 0 Å². The zero-order valence-corrected chi connectivity index (χ0v) is 17.4. The molecule has 4 aromatic carbocycles. The smallest absolute Gasteiger partial charge is 0.132 e. The summed E-state index contributed by atoms with van der Waals surface area (Å²) in [6, 6.07) is 35.6. The van der Waals surface area contributed by atoms with E-state index in [1.54, 1.807) is 6.21 Å². The Bertz CT molecular complexity index is 1130. The Morgan fingerprint density at radius 1 is 0.655 bits per heavy atom. The molecule has 0 radical (unpaired) electrons. The first-order valence-electron chi connectivity index (χ1n) is 9.33. The van der Waals surface area contributed by atoms with Gasteiger partial charge in [-0.1, -0.05) is 115 Å². The lowest BCUT2D eigenvalue weighted by Crippen LogP contribution is -2.14. The van der Waals surface area contributed by atoms with Gasteiger partial charge in [-0.05, 0) is 11.6 Å². The predicted molar refractivity (Wildman–Crippen MR) is 128 cm³/mol. The van der Waals surface area contributed by atoms with Crippen LogP contribution >= 0.6 is 6.19 Å². The molecule has 29 heavy (non-hydrogen) atoms. The molecule has 0 fully saturated rings. The molecule has 1 N–H and O–H groups in total. The molecule has 0 bridgehead atoms. The third-order valence-corrected chi connectivity index (χ3v) is 8.71. The summed E-state index contributed by atoms with van der Waals surface area (Å²) in [4.78, 5) is 0. The second-order valence-corrected chi connectivity index (χ2v) is 10.6. The van der Waals surface area contributed by atoms with Crippen molar-refractivity contribution >= 4 is 34.8 Å². The van der Waals surface area contributed by atoms with Crippen molar-refractivity contribution in [3.05, 3.63) is 115 Å². The molecule has 4 heteroatoms. The molecule has 2 nitrogen and oxygen atoms in total. The Kier molecular flexibility index (Phi) is 5.71. The minimum absolute atomic E-state index is 0.213. The Morgan fingerprint density at radius 2 is 1.17 bits per heavy atom. The standard InChI is InChI=1S/C25H20NOPS/c27-25-21(13-10-18-24(25)20-11-4-1-5-12-20)19-26-28(29,22-14-6-2-7-15-22)23-16-8-3-9-17-23/h1-19,27H/b26-19+. The van der Waals surface area contributed by atoms with E-state index in [0.717, 1.165) is 21.7 Å². The van der Waals surface area contributed by atoms with Gasteiger partial charge in [-0.25, -0.2) is 0 Å². The molecule has 0 aliphatic carbocycles. The van der Waals surface area contributed by atoms with E-state index < -0.39 is 6.19 Å². The number of nitrogens with zero attached hydrogens (tertiary/aromatic N) is 1. The van der Waals surface area contributed by atoms with Crippen LogP contribution in [0, 0.1) is 0 Å². The topological polar surface area (TPSA) is 32.6 Å². The summed E-state index contributed by atoms with van der Waals surface area (Å²) < 4.78 is 4.90. The lowest BCUT2D eigenvalue weighted by atomic mass is 10.0. The van der Waals surface area contributed by atoms with Crippen molar-refractivity contribution in [3.63, 3.8) is 0 Å². The maximum atomic E-state index is 10.9. The molecule has 0 spiro atoms. The average molecular weight is 413 g/mol. The van der Waals surface area contributed by atoms with Gasteiger partial charge in [0, 0.05) is 28.0 Å². The summed E-state index contributed by atoms with van der Waals surface area (Å²) in [5, 5.41) is 12.9. The highest BCUT2D eigenvalue weighted by Crippen LogP contribution is 2.45. The van der Waals surface area contributed by atoms with Gasteiger partial charge in [0.1, 0.15) is 11.9 Å². The van der Waals surface area contributed by atoms with Gasteiger partial charge in [0.2, 0.25) is 0 Å². The Labute approximate surface area is 176 Å². The lowest BCUT2D eigenvalue weighted by molar-refractivity contribution is 0.476. The molecule has 4 aromatic rings. The number of rotatable bonds is 5. The van der Waals surface area contributed by atoms with Crippen LogP contribution in [0.1, 0.15) is 5.56 Å². The van der Waals surface area contributed by atoms with E-state index in [2.05, 4.69) is 0 Å². The number of hydrogen-bond donors (Lipinski definition) is 1. The first-order chi connectivity index (χ1) is 14.2. The van der Waals surface area contributed by atoms with Gasteiger partial charge >= 0.3 is 0 Å². The quantitative estimate of drug-likeness (QED) is 0.345. The molecule has 0 saturated heterocycles. The Hall–Kier alpha value is -3.00. The van der Waals surface area contributed by atoms with Crippen molar-refractivity contribution in [1.29, 1.82) is 0 Å². The van der Waals surface area contributed by atoms with Crippen molar-refractivity contribution in [2.75, 3.05) is 0 Å². The van der Waals surface area contributed by atoms with E-state index in [0.29, 0.717) is 5.56 Å². The minimum Gasteiger partial charge on any atom is -0.507 e. The third-order valence-electron chi connectivity index (χ3n) is 4.72.